The molecule has 4 nitrogen and oxygen atoms in total. The minimum Gasteiger partial charge on any atom is -0.506 e. The fourth-order valence-corrected chi connectivity index (χ4v) is 0.907. The summed E-state index contributed by atoms with van der Waals surface area (Å²) in [6, 6.07) is 1.16. The van der Waals surface area contributed by atoms with Crippen molar-refractivity contribution in [3.63, 3.8) is 0 Å². The highest BCUT2D eigenvalue weighted by atomic mass is 16.3. The molecule has 0 bridgehead atoms. The second-order valence-corrected chi connectivity index (χ2v) is 3.13. The molecule has 66 valence electrons. The molecule has 0 aliphatic rings. The van der Waals surface area contributed by atoms with Crippen molar-refractivity contribution >= 4 is 0 Å². The van der Waals surface area contributed by atoms with Gasteiger partial charge in [0.25, 0.3) is 5.56 Å². The van der Waals surface area contributed by atoms with Gasteiger partial charge in [0, 0.05) is 12.6 Å². The SMILES string of the molecule is CC(C)Cn1ncc(O)cc1=O. The van der Waals surface area contributed by atoms with Gasteiger partial charge in [0.05, 0.1) is 6.20 Å². The fraction of sp³-hybridized carbons (Fsp3) is 0.500. The molecule has 1 rings (SSSR count). The van der Waals surface area contributed by atoms with Crippen molar-refractivity contribution in [2.45, 2.75) is 20.4 Å². The van der Waals surface area contributed by atoms with Crippen molar-refractivity contribution in [2.75, 3.05) is 0 Å². The van der Waals surface area contributed by atoms with Gasteiger partial charge in [0.15, 0.2) is 0 Å². The molecule has 1 aromatic rings. The zero-order valence-electron chi connectivity index (χ0n) is 7.19. The first kappa shape index (κ1) is 8.77. The van der Waals surface area contributed by atoms with E-state index in [0.29, 0.717) is 12.5 Å². The van der Waals surface area contributed by atoms with Crippen LogP contribution in [-0.4, -0.2) is 14.9 Å². The Morgan fingerprint density at radius 2 is 2.33 bits per heavy atom. The van der Waals surface area contributed by atoms with Crippen molar-refractivity contribution in [1.82, 2.24) is 9.78 Å². The molecule has 4 heteroatoms. The van der Waals surface area contributed by atoms with Gasteiger partial charge < -0.3 is 5.11 Å². The quantitative estimate of drug-likeness (QED) is 0.703. The summed E-state index contributed by atoms with van der Waals surface area (Å²) >= 11 is 0. The molecule has 0 aliphatic heterocycles. The van der Waals surface area contributed by atoms with E-state index < -0.39 is 0 Å². The van der Waals surface area contributed by atoms with E-state index in [1.54, 1.807) is 0 Å². The van der Waals surface area contributed by atoms with Gasteiger partial charge in [0.2, 0.25) is 0 Å². The minimum atomic E-state index is -0.260. The van der Waals surface area contributed by atoms with Gasteiger partial charge >= 0.3 is 0 Å². The Hall–Kier alpha value is -1.32. The average Bonchev–Trinajstić information content (AvgIpc) is 1.94. The van der Waals surface area contributed by atoms with Crippen molar-refractivity contribution in [3.05, 3.63) is 22.6 Å². The van der Waals surface area contributed by atoms with Crippen LogP contribution in [0.25, 0.3) is 0 Å². The van der Waals surface area contributed by atoms with Crippen molar-refractivity contribution in [1.29, 1.82) is 0 Å². The van der Waals surface area contributed by atoms with E-state index >= 15 is 0 Å². The Morgan fingerprint density at radius 3 is 2.83 bits per heavy atom. The number of nitrogens with zero attached hydrogens (tertiary/aromatic N) is 2. The highest BCUT2D eigenvalue weighted by Gasteiger charge is 2.00. The lowest BCUT2D eigenvalue weighted by Crippen LogP contribution is -2.23. The second-order valence-electron chi connectivity index (χ2n) is 3.13. The molecule has 12 heavy (non-hydrogen) atoms. The van der Waals surface area contributed by atoms with Crippen LogP contribution < -0.4 is 5.56 Å². The van der Waals surface area contributed by atoms with Crippen LogP contribution in [0.1, 0.15) is 13.8 Å². The Bertz CT molecular complexity index is 317. The van der Waals surface area contributed by atoms with E-state index in [0.717, 1.165) is 6.07 Å². The molecule has 0 aromatic carbocycles. The molecule has 0 amide bonds. The van der Waals surface area contributed by atoms with E-state index in [2.05, 4.69) is 5.10 Å². The summed E-state index contributed by atoms with van der Waals surface area (Å²) in [5.41, 5.74) is -0.260. The first-order chi connectivity index (χ1) is 5.59. The summed E-state index contributed by atoms with van der Waals surface area (Å²) in [7, 11) is 0. The number of hydrogen-bond acceptors (Lipinski definition) is 3. The molecule has 0 spiro atoms. The molecular weight excluding hydrogens is 156 g/mol. The van der Waals surface area contributed by atoms with Crippen LogP contribution in [0.5, 0.6) is 5.75 Å². The van der Waals surface area contributed by atoms with Crippen LogP contribution in [0.4, 0.5) is 0 Å². The van der Waals surface area contributed by atoms with E-state index in [9.17, 15) is 4.79 Å². The predicted molar refractivity (Wildman–Crippen MR) is 45.0 cm³/mol. The van der Waals surface area contributed by atoms with Gasteiger partial charge in [-0.15, -0.1) is 0 Å². The predicted octanol–water partition coefficient (Wildman–Crippen LogP) is 0.605. The molecule has 0 saturated carbocycles. The second kappa shape index (κ2) is 3.38. The highest BCUT2D eigenvalue weighted by molar-refractivity contribution is 5.10. The van der Waals surface area contributed by atoms with Crippen LogP contribution in [0.3, 0.4) is 0 Å². The maximum absolute atomic E-state index is 11.1. The maximum atomic E-state index is 11.1. The number of rotatable bonds is 2. The first-order valence-electron chi connectivity index (χ1n) is 3.85. The molecule has 1 heterocycles. The molecule has 1 N–H and O–H groups in total. The first-order valence-corrected chi connectivity index (χ1v) is 3.85. The molecular formula is C8H12N2O2. The molecule has 0 unspecified atom stereocenters. The van der Waals surface area contributed by atoms with Crippen LogP contribution in [0.15, 0.2) is 17.1 Å². The summed E-state index contributed by atoms with van der Waals surface area (Å²) in [6.07, 6.45) is 1.27. The molecule has 0 radical (unpaired) electrons. The van der Waals surface area contributed by atoms with Crippen LogP contribution in [0.2, 0.25) is 0 Å². The molecule has 1 aromatic heterocycles. The third-order valence-electron chi connectivity index (χ3n) is 1.39. The van der Waals surface area contributed by atoms with Crippen LogP contribution in [0, 0.1) is 5.92 Å². The van der Waals surface area contributed by atoms with Gasteiger partial charge in [-0.1, -0.05) is 13.8 Å². The topological polar surface area (TPSA) is 55.1 Å². The Balaban J connectivity index is 2.94. The Morgan fingerprint density at radius 1 is 1.67 bits per heavy atom. The van der Waals surface area contributed by atoms with Crippen LogP contribution >= 0.6 is 0 Å². The molecule has 0 aliphatic carbocycles. The van der Waals surface area contributed by atoms with Gasteiger partial charge in [-0.05, 0) is 5.92 Å². The monoisotopic (exact) mass is 168 g/mol. The highest BCUT2D eigenvalue weighted by Crippen LogP contribution is 1.99. The smallest absolute Gasteiger partial charge is 0.270 e. The van der Waals surface area contributed by atoms with Crippen molar-refractivity contribution in [2.24, 2.45) is 5.92 Å². The maximum Gasteiger partial charge on any atom is 0.270 e. The number of aromatic hydroxyl groups is 1. The van der Waals surface area contributed by atoms with E-state index in [1.807, 2.05) is 13.8 Å². The van der Waals surface area contributed by atoms with E-state index in [-0.39, 0.29) is 11.3 Å². The van der Waals surface area contributed by atoms with E-state index in [1.165, 1.54) is 10.9 Å². The van der Waals surface area contributed by atoms with Gasteiger partial charge in [-0.2, -0.15) is 5.10 Å². The fourth-order valence-electron chi connectivity index (χ4n) is 0.907. The Labute approximate surface area is 70.5 Å². The summed E-state index contributed by atoms with van der Waals surface area (Å²) in [5, 5.41) is 12.7. The third kappa shape index (κ3) is 2.08. The third-order valence-corrected chi connectivity index (χ3v) is 1.39. The lowest BCUT2D eigenvalue weighted by molar-refractivity contribution is 0.435. The van der Waals surface area contributed by atoms with Crippen molar-refractivity contribution in [3.8, 4) is 5.75 Å². The van der Waals surface area contributed by atoms with Gasteiger partial charge in [-0.25, -0.2) is 4.68 Å². The standard InChI is InChI=1S/C8H12N2O2/c1-6(2)5-10-8(12)3-7(11)4-9-10/h3-4,6,11H,5H2,1-2H3. The van der Waals surface area contributed by atoms with Gasteiger partial charge in [0.1, 0.15) is 5.75 Å². The molecule has 0 saturated heterocycles. The molecule has 0 fully saturated rings. The lowest BCUT2D eigenvalue weighted by Gasteiger charge is -2.05. The summed E-state index contributed by atoms with van der Waals surface area (Å²) in [6.45, 7) is 4.58. The van der Waals surface area contributed by atoms with E-state index in [4.69, 9.17) is 5.11 Å². The zero-order chi connectivity index (χ0) is 9.14. The summed E-state index contributed by atoms with van der Waals surface area (Å²) in [5.74, 6) is 0.291. The largest absolute Gasteiger partial charge is 0.506 e. The minimum absolute atomic E-state index is 0.0833. The summed E-state index contributed by atoms with van der Waals surface area (Å²) in [4.78, 5) is 11.1. The summed E-state index contributed by atoms with van der Waals surface area (Å²) < 4.78 is 1.34. The normalized spacial score (nSPS) is 10.6. The lowest BCUT2D eigenvalue weighted by atomic mass is 10.2. The molecule has 0 atom stereocenters. The number of hydrogen-bond donors (Lipinski definition) is 1. The number of aromatic nitrogens is 2. The zero-order valence-corrected chi connectivity index (χ0v) is 7.19. The van der Waals surface area contributed by atoms with Gasteiger partial charge in [-0.3, -0.25) is 4.79 Å². The Kier molecular flexibility index (Phi) is 2.47. The van der Waals surface area contributed by atoms with Crippen molar-refractivity contribution < 1.29 is 5.11 Å². The average molecular weight is 168 g/mol. The van der Waals surface area contributed by atoms with Crippen LogP contribution in [-0.2, 0) is 6.54 Å².